The van der Waals surface area contributed by atoms with Gasteiger partial charge in [0.2, 0.25) is 12.2 Å². The molecule has 18 heteroatoms. The Balaban J connectivity index is 1.63. The summed E-state index contributed by atoms with van der Waals surface area (Å²) in [5, 5.41) is 7.84. The van der Waals surface area contributed by atoms with E-state index in [9.17, 15) is 14.4 Å². The van der Waals surface area contributed by atoms with E-state index >= 15 is 0 Å². The lowest BCUT2D eigenvalue weighted by molar-refractivity contribution is -0.372. The average molecular weight is 861 g/mol. The summed E-state index contributed by atoms with van der Waals surface area (Å²) in [4.78, 5) is 41.6. The lowest BCUT2D eigenvalue weighted by Crippen LogP contribution is -2.68. The molecule has 0 aromatic heterocycles. The zero-order valence-electron chi connectivity index (χ0n) is 32.3. The summed E-state index contributed by atoms with van der Waals surface area (Å²) in [5.41, 5.74) is 0.364. The third kappa shape index (κ3) is 10.2. The third-order valence-electron chi connectivity index (χ3n) is 10.2. The first kappa shape index (κ1) is 44.3. The van der Waals surface area contributed by atoms with Gasteiger partial charge in [0.25, 0.3) is 3.79 Å². The number of hydrogen-bond acceptors (Lipinski definition) is 14. The molecule has 0 bridgehead atoms. The smallest absolute Gasteiger partial charge is 0.338 e. The number of ether oxygens (including phenoxy) is 9. The van der Waals surface area contributed by atoms with Gasteiger partial charge < -0.3 is 47.1 Å². The SMILES string of the molecule is COC(=O)C1O[C@@H](O[C@@H]2C(C)[C@@H](OC(=N)C(Cl)(Cl)Cl)OC3COC(C)O[C@@H]32)C(OC(=O)c2ccccc2)[C@@H](OC(=O)c2ccccc2)[C@@H]1O[Si](C)(C)C(C)(C)C. The quantitative estimate of drug-likeness (QED) is 0.0679. The van der Waals surface area contributed by atoms with E-state index < -0.39 is 108 Å². The normalized spacial score (nSPS) is 31.0. The summed E-state index contributed by atoms with van der Waals surface area (Å²) in [5.74, 6) is -3.96. The highest BCUT2D eigenvalue weighted by atomic mass is 35.6. The van der Waals surface area contributed by atoms with Crippen molar-refractivity contribution in [3.05, 3.63) is 71.8 Å². The maximum absolute atomic E-state index is 13.9. The van der Waals surface area contributed by atoms with E-state index in [1.54, 1.807) is 74.5 Å². The molecule has 3 saturated heterocycles. The Bertz CT molecular complexity index is 1690. The Hall–Kier alpha value is -2.83. The molecule has 308 valence electrons. The van der Waals surface area contributed by atoms with Crippen molar-refractivity contribution in [2.45, 2.75) is 118 Å². The second-order valence-electron chi connectivity index (χ2n) is 15.2. The van der Waals surface area contributed by atoms with Crippen molar-refractivity contribution in [2.75, 3.05) is 13.7 Å². The van der Waals surface area contributed by atoms with Crippen LogP contribution in [0.25, 0.3) is 0 Å². The molecule has 11 atom stereocenters. The fraction of sp³-hybridized carbons (Fsp3) is 0.579. The summed E-state index contributed by atoms with van der Waals surface area (Å²) >= 11 is 17.8. The molecule has 5 unspecified atom stereocenters. The number of esters is 3. The van der Waals surface area contributed by atoms with Crippen LogP contribution in [0, 0.1) is 11.3 Å². The van der Waals surface area contributed by atoms with Crippen LogP contribution in [0.4, 0.5) is 0 Å². The van der Waals surface area contributed by atoms with Crippen LogP contribution in [-0.2, 0) is 51.9 Å². The van der Waals surface area contributed by atoms with E-state index in [0.29, 0.717) is 0 Å². The van der Waals surface area contributed by atoms with Crippen LogP contribution in [0.15, 0.2) is 60.7 Å². The van der Waals surface area contributed by atoms with Crippen LogP contribution in [0.2, 0.25) is 18.1 Å². The van der Waals surface area contributed by atoms with E-state index in [1.807, 2.05) is 33.9 Å². The van der Waals surface area contributed by atoms with Crippen LogP contribution in [0.1, 0.15) is 55.3 Å². The number of rotatable bonds is 10. The van der Waals surface area contributed by atoms with Crippen LogP contribution in [-0.4, -0.2) is 111 Å². The van der Waals surface area contributed by atoms with Gasteiger partial charge in [-0.05, 0) is 49.3 Å². The Morgan fingerprint density at radius 3 is 1.84 bits per heavy atom. The predicted molar refractivity (Wildman–Crippen MR) is 206 cm³/mol. The molecule has 3 aliphatic heterocycles. The fourth-order valence-electron chi connectivity index (χ4n) is 6.17. The van der Waals surface area contributed by atoms with Crippen LogP contribution in [0.3, 0.4) is 0 Å². The van der Waals surface area contributed by atoms with Gasteiger partial charge in [-0.3, -0.25) is 5.41 Å². The molecule has 3 aliphatic rings. The average Bonchev–Trinajstić information content (AvgIpc) is 3.14. The second-order valence-corrected chi connectivity index (χ2v) is 22.2. The molecule has 0 amide bonds. The minimum atomic E-state index is -2.82. The van der Waals surface area contributed by atoms with Gasteiger partial charge in [0.05, 0.1) is 30.9 Å². The first-order valence-corrected chi connectivity index (χ1v) is 22.1. The Labute approximate surface area is 342 Å². The van der Waals surface area contributed by atoms with E-state index in [4.69, 9.17) is 87.3 Å². The summed E-state index contributed by atoms with van der Waals surface area (Å²) in [6.45, 7) is 13.3. The summed E-state index contributed by atoms with van der Waals surface area (Å²) in [6, 6.07) is 16.4. The number of methoxy groups -OCH3 is 1. The molecule has 3 heterocycles. The summed E-state index contributed by atoms with van der Waals surface area (Å²) in [6.07, 6.45) is -12.3. The maximum Gasteiger partial charge on any atom is 0.338 e. The summed E-state index contributed by atoms with van der Waals surface area (Å²) in [7, 11) is -1.64. The highest BCUT2D eigenvalue weighted by molar-refractivity contribution is 6.76. The molecule has 2 aromatic rings. The maximum atomic E-state index is 13.9. The van der Waals surface area contributed by atoms with Crippen molar-refractivity contribution in [1.29, 1.82) is 5.41 Å². The van der Waals surface area contributed by atoms with Crippen molar-refractivity contribution in [1.82, 2.24) is 0 Å². The van der Waals surface area contributed by atoms with Crippen molar-refractivity contribution >= 4 is 66.9 Å². The van der Waals surface area contributed by atoms with Gasteiger partial charge in [-0.1, -0.05) is 98.9 Å². The number of benzene rings is 2. The van der Waals surface area contributed by atoms with Crippen molar-refractivity contribution in [3.8, 4) is 0 Å². The highest BCUT2D eigenvalue weighted by Gasteiger charge is 2.59. The number of fused-ring (bicyclic) bond motifs is 1. The molecule has 14 nitrogen and oxygen atoms in total. The molecule has 5 rings (SSSR count). The highest BCUT2D eigenvalue weighted by Crippen LogP contribution is 2.43. The van der Waals surface area contributed by atoms with Crippen LogP contribution in [0.5, 0.6) is 0 Å². The van der Waals surface area contributed by atoms with E-state index in [1.165, 1.54) is 7.11 Å². The molecule has 3 fully saturated rings. The molecule has 0 spiro atoms. The first-order chi connectivity index (χ1) is 26.2. The molecule has 0 radical (unpaired) electrons. The number of carbonyl (C=O) groups excluding carboxylic acids is 3. The van der Waals surface area contributed by atoms with Gasteiger partial charge in [-0.25, -0.2) is 14.4 Å². The van der Waals surface area contributed by atoms with Gasteiger partial charge in [-0.15, -0.1) is 0 Å². The lowest BCUT2D eigenvalue weighted by atomic mass is 9.91. The van der Waals surface area contributed by atoms with Crippen molar-refractivity contribution in [2.24, 2.45) is 5.92 Å². The van der Waals surface area contributed by atoms with Crippen molar-refractivity contribution < 1.29 is 61.4 Å². The Morgan fingerprint density at radius 2 is 1.32 bits per heavy atom. The zero-order valence-corrected chi connectivity index (χ0v) is 35.5. The van der Waals surface area contributed by atoms with Crippen molar-refractivity contribution in [3.63, 3.8) is 0 Å². The largest absolute Gasteiger partial charge is 0.467 e. The number of alkyl halides is 3. The lowest BCUT2D eigenvalue weighted by Gasteiger charge is -2.51. The molecule has 0 aliphatic carbocycles. The molecule has 56 heavy (non-hydrogen) atoms. The van der Waals surface area contributed by atoms with E-state index in [2.05, 4.69) is 0 Å². The molecule has 0 saturated carbocycles. The van der Waals surface area contributed by atoms with Gasteiger partial charge >= 0.3 is 17.9 Å². The monoisotopic (exact) mass is 859 g/mol. The predicted octanol–water partition coefficient (Wildman–Crippen LogP) is 6.60. The molecular weight excluding hydrogens is 813 g/mol. The van der Waals surface area contributed by atoms with Gasteiger partial charge in [0.1, 0.15) is 18.3 Å². The molecule has 1 N–H and O–H groups in total. The second kappa shape index (κ2) is 18.0. The standard InChI is InChI=1S/C38H48Cl3NO13Si/c1-20-25(26-24(19-47-21(2)48-26)49-34(20)54-36(42)38(39,40)41)52-35-30(51-32(44)23-17-13-10-14-18-23)27(50-31(43)22-15-11-9-12-16-22)28(29(53-35)33(45)46-6)55-56(7,8)37(3,4)5/h9-18,20-21,24-30,34-35,42H,19H2,1-8H3/t20?,21?,24?,25-,26+,27+,28+,29?,30?,34-,35-/m1/s1. The minimum absolute atomic E-state index is 0.0296. The van der Waals surface area contributed by atoms with E-state index in [-0.39, 0.29) is 17.7 Å². The first-order valence-electron chi connectivity index (χ1n) is 18.1. The minimum Gasteiger partial charge on any atom is -0.467 e. The molecular formula is C38H48Cl3NO13Si. The Morgan fingerprint density at radius 1 is 0.768 bits per heavy atom. The number of halogens is 3. The number of carbonyl (C=O) groups is 3. The van der Waals surface area contributed by atoms with Gasteiger partial charge in [0, 0.05) is 5.92 Å². The van der Waals surface area contributed by atoms with Gasteiger partial charge in [-0.2, -0.15) is 0 Å². The summed E-state index contributed by atoms with van der Waals surface area (Å²) < 4.78 is 59.2. The number of hydrogen-bond donors (Lipinski definition) is 1. The van der Waals surface area contributed by atoms with Gasteiger partial charge in [0.15, 0.2) is 39.2 Å². The van der Waals surface area contributed by atoms with Crippen LogP contribution >= 0.6 is 34.8 Å². The number of nitrogens with one attached hydrogen (secondary N) is 1. The Kier molecular flexibility index (Phi) is 14.2. The fourth-order valence-corrected chi connectivity index (χ4v) is 7.59. The van der Waals surface area contributed by atoms with Crippen LogP contribution < -0.4 is 0 Å². The van der Waals surface area contributed by atoms with E-state index in [0.717, 1.165) is 0 Å². The third-order valence-corrected chi connectivity index (χ3v) is 15.2. The topological polar surface area (TPSA) is 167 Å². The zero-order chi connectivity index (χ0) is 41.2. The molecule has 2 aromatic carbocycles.